The van der Waals surface area contributed by atoms with Gasteiger partial charge >= 0.3 is 0 Å². The van der Waals surface area contributed by atoms with Crippen LogP contribution in [0.1, 0.15) is 75.4 Å². The molecule has 0 amide bonds. The maximum absolute atomic E-state index is 10.2. The van der Waals surface area contributed by atoms with E-state index in [1.165, 1.54) is 5.01 Å². The Balaban J connectivity index is 3.11. The number of nitrogens with zero attached hydrogens (tertiary/aromatic N) is 1. The molecule has 0 aromatic carbocycles. The van der Waals surface area contributed by atoms with Crippen LogP contribution in [0, 0.1) is 0 Å². The van der Waals surface area contributed by atoms with E-state index in [4.69, 9.17) is 4.98 Å². The summed E-state index contributed by atoms with van der Waals surface area (Å²) < 4.78 is 0. The van der Waals surface area contributed by atoms with Crippen LogP contribution < -0.4 is 0 Å². The summed E-state index contributed by atoms with van der Waals surface area (Å²) in [5, 5.41) is 11.4. The van der Waals surface area contributed by atoms with Crippen molar-refractivity contribution in [1.29, 1.82) is 0 Å². The highest BCUT2D eigenvalue weighted by molar-refractivity contribution is 7.12. The number of aromatic nitrogens is 1. The number of hydrogen-bond donors (Lipinski definition) is 1. The molecule has 1 aromatic heterocycles. The van der Waals surface area contributed by atoms with E-state index >= 15 is 0 Å². The molecule has 0 fully saturated rings. The summed E-state index contributed by atoms with van der Waals surface area (Å²) in [6.07, 6.45) is 4.30. The van der Waals surface area contributed by atoms with Gasteiger partial charge in [-0.25, -0.2) is 4.98 Å². The molecule has 0 aliphatic heterocycles. The van der Waals surface area contributed by atoms with Crippen LogP contribution >= 0.6 is 11.3 Å². The van der Waals surface area contributed by atoms with Gasteiger partial charge in [0.05, 0.1) is 21.2 Å². The Morgan fingerprint density at radius 1 is 1.24 bits per heavy atom. The minimum atomic E-state index is -0.757. The van der Waals surface area contributed by atoms with Crippen LogP contribution in [0.4, 0.5) is 0 Å². The maximum Gasteiger partial charge on any atom is 0.0962 e. The number of rotatable bonds is 6. The number of hydrogen-bond acceptors (Lipinski definition) is 3. The molecule has 0 unspecified atom stereocenters. The van der Waals surface area contributed by atoms with Crippen molar-refractivity contribution >= 4 is 11.3 Å². The van der Waals surface area contributed by atoms with Crippen molar-refractivity contribution < 1.29 is 5.11 Å². The monoisotopic (exact) mass is 255 g/mol. The van der Waals surface area contributed by atoms with Gasteiger partial charge < -0.3 is 5.11 Å². The van der Waals surface area contributed by atoms with Crippen molar-refractivity contribution in [3.05, 3.63) is 15.6 Å². The summed E-state index contributed by atoms with van der Waals surface area (Å²) in [5.41, 5.74) is 0.346. The smallest absolute Gasteiger partial charge is 0.0962 e. The lowest BCUT2D eigenvalue weighted by Gasteiger charge is -2.16. The first-order valence-corrected chi connectivity index (χ1v) is 7.48. The lowest BCUT2D eigenvalue weighted by molar-refractivity contribution is 0.0813. The fourth-order valence-electron chi connectivity index (χ4n) is 2.07. The molecule has 1 aromatic rings. The van der Waals surface area contributed by atoms with Gasteiger partial charge in [-0.05, 0) is 33.1 Å². The van der Waals surface area contributed by atoms with Crippen LogP contribution in [-0.2, 0) is 12.0 Å². The maximum atomic E-state index is 10.2. The lowest BCUT2D eigenvalue weighted by atomic mass is 10.0. The summed E-state index contributed by atoms with van der Waals surface area (Å²) in [7, 11) is 0. The second-order valence-electron chi connectivity index (χ2n) is 5.15. The Hall–Kier alpha value is -0.410. The number of aryl methyl sites for hydroxylation is 1. The Bertz CT molecular complexity index is 348. The van der Waals surface area contributed by atoms with Crippen LogP contribution in [-0.4, -0.2) is 10.1 Å². The third-order valence-electron chi connectivity index (χ3n) is 3.09. The van der Waals surface area contributed by atoms with Crippen LogP contribution in [0.5, 0.6) is 0 Å². The average molecular weight is 255 g/mol. The van der Waals surface area contributed by atoms with Gasteiger partial charge in [-0.15, -0.1) is 11.3 Å². The molecule has 0 spiro atoms. The van der Waals surface area contributed by atoms with E-state index in [1.54, 1.807) is 11.3 Å². The van der Waals surface area contributed by atoms with Crippen LogP contribution in [0.2, 0.25) is 0 Å². The van der Waals surface area contributed by atoms with Gasteiger partial charge in [0.15, 0.2) is 0 Å². The van der Waals surface area contributed by atoms with Gasteiger partial charge in [-0.2, -0.15) is 0 Å². The van der Waals surface area contributed by atoms with E-state index in [1.807, 2.05) is 13.8 Å². The summed E-state index contributed by atoms with van der Waals surface area (Å²) in [6.45, 7) is 10.3. The van der Waals surface area contributed by atoms with Gasteiger partial charge in [-0.3, -0.25) is 0 Å². The molecular formula is C14H25NOS. The van der Waals surface area contributed by atoms with E-state index in [-0.39, 0.29) is 0 Å². The Labute approximate surface area is 109 Å². The fraction of sp³-hybridized carbons (Fsp3) is 0.786. The minimum Gasteiger partial charge on any atom is -0.385 e. The highest BCUT2D eigenvalue weighted by Gasteiger charge is 2.26. The fourth-order valence-corrected chi connectivity index (χ4v) is 3.45. The largest absolute Gasteiger partial charge is 0.385 e. The molecule has 17 heavy (non-hydrogen) atoms. The van der Waals surface area contributed by atoms with Crippen molar-refractivity contribution in [1.82, 2.24) is 4.98 Å². The van der Waals surface area contributed by atoms with Crippen molar-refractivity contribution in [2.24, 2.45) is 0 Å². The first kappa shape index (κ1) is 14.7. The van der Waals surface area contributed by atoms with Crippen LogP contribution in [0.25, 0.3) is 0 Å². The minimum absolute atomic E-state index is 0.548. The molecule has 1 heterocycles. The molecule has 0 radical (unpaired) electrons. The SMILES string of the molecule is CCCc1nc(C(CC)CC)sc1C(C)(C)O. The quantitative estimate of drug-likeness (QED) is 0.825. The van der Waals surface area contributed by atoms with Crippen molar-refractivity contribution in [3.8, 4) is 0 Å². The summed E-state index contributed by atoms with van der Waals surface area (Å²) in [4.78, 5) is 5.82. The first-order chi connectivity index (χ1) is 7.93. The predicted molar refractivity (Wildman–Crippen MR) is 74.7 cm³/mol. The van der Waals surface area contributed by atoms with Crippen LogP contribution in [0.3, 0.4) is 0 Å². The van der Waals surface area contributed by atoms with Crippen molar-refractivity contribution in [2.75, 3.05) is 0 Å². The van der Waals surface area contributed by atoms with E-state index in [0.29, 0.717) is 5.92 Å². The molecule has 0 saturated carbocycles. The normalized spacial score (nSPS) is 12.4. The Kier molecular flexibility index (Phi) is 5.14. The van der Waals surface area contributed by atoms with Gasteiger partial charge in [0.2, 0.25) is 0 Å². The molecule has 1 rings (SSSR count). The van der Waals surface area contributed by atoms with E-state index in [0.717, 1.165) is 36.3 Å². The van der Waals surface area contributed by atoms with Crippen LogP contribution in [0.15, 0.2) is 0 Å². The summed E-state index contributed by atoms with van der Waals surface area (Å²) in [5.74, 6) is 0.548. The van der Waals surface area contributed by atoms with Gasteiger partial charge in [0.25, 0.3) is 0 Å². The van der Waals surface area contributed by atoms with Gasteiger partial charge in [0, 0.05) is 5.92 Å². The molecule has 0 atom stereocenters. The molecular weight excluding hydrogens is 230 g/mol. The third kappa shape index (κ3) is 3.52. The van der Waals surface area contributed by atoms with Crippen molar-refractivity contribution in [2.45, 2.75) is 71.8 Å². The first-order valence-electron chi connectivity index (χ1n) is 6.66. The number of thiazole rings is 1. The molecule has 98 valence electrons. The topological polar surface area (TPSA) is 33.1 Å². The highest BCUT2D eigenvalue weighted by Crippen LogP contribution is 2.35. The molecule has 2 nitrogen and oxygen atoms in total. The molecule has 0 aliphatic carbocycles. The lowest BCUT2D eigenvalue weighted by Crippen LogP contribution is -2.15. The van der Waals surface area contributed by atoms with Crippen molar-refractivity contribution in [3.63, 3.8) is 0 Å². The summed E-state index contributed by atoms with van der Waals surface area (Å²) >= 11 is 1.70. The molecule has 0 bridgehead atoms. The van der Waals surface area contributed by atoms with E-state index in [9.17, 15) is 5.11 Å². The molecule has 3 heteroatoms. The Morgan fingerprint density at radius 2 is 1.82 bits per heavy atom. The molecule has 1 N–H and O–H groups in total. The average Bonchev–Trinajstić information content (AvgIpc) is 2.64. The zero-order valence-corrected chi connectivity index (χ0v) is 12.5. The zero-order valence-electron chi connectivity index (χ0n) is 11.7. The van der Waals surface area contributed by atoms with Gasteiger partial charge in [-0.1, -0.05) is 27.2 Å². The highest BCUT2D eigenvalue weighted by atomic mass is 32.1. The van der Waals surface area contributed by atoms with E-state index in [2.05, 4.69) is 20.8 Å². The third-order valence-corrected chi connectivity index (χ3v) is 4.66. The van der Waals surface area contributed by atoms with Gasteiger partial charge in [0.1, 0.15) is 0 Å². The Morgan fingerprint density at radius 3 is 2.24 bits per heavy atom. The van der Waals surface area contributed by atoms with E-state index < -0.39 is 5.60 Å². The standard InChI is InChI=1S/C14H25NOS/c1-6-9-11-12(14(4,5)16)17-13(15-11)10(7-2)8-3/h10,16H,6-9H2,1-5H3. The molecule has 0 saturated heterocycles. The molecule has 0 aliphatic rings. The number of aliphatic hydroxyl groups is 1. The second-order valence-corrected chi connectivity index (χ2v) is 6.18. The summed E-state index contributed by atoms with van der Waals surface area (Å²) in [6, 6.07) is 0. The predicted octanol–water partition coefficient (Wildman–Crippen LogP) is 4.23. The zero-order chi connectivity index (χ0) is 13.1. The second kappa shape index (κ2) is 5.96.